The molecule has 1 heterocycles. The van der Waals surface area contributed by atoms with Crippen LogP contribution in [0.15, 0.2) is 26.5 Å². The topological polar surface area (TPSA) is 52.9 Å². The van der Waals surface area contributed by atoms with E-state index in [2.05, 4.69) is 43.5 Å². The average molecular weight is 518 g/mol. The standard InChI is InChI=1S/C14H14BrIN2O2S.ClH/c1-3-17-14-18(4-2)13(20)11(21-14)6-8-5-9(15)7-10(16)12(8)19;/h5-7,19H,3-4H2,1-2H3;1H. The fraction of sp³-hybridized carbons (Fsp3) is 0.286. The van der Waals surface area contributed by atoms with Crippen molar-refractivity contribution >= 4 is 79.8 Å². The maximum absolute atomic E-state index is 12.4. The summed E-state index contributed by atoms with van der Waals surface area (Å²) < 4.78 is 1.60. The van der Waals surface area contributed by atoms with Crippen LogP contribution in [0, 0.1) is 3.57 Å². The van der Waals surface area contributed by atoms with Gasteiger partial charge in [-0.3, -0.25) is 14.7 Å². The monoisotopic (exact) mass is 516 g/mol. The zero-order valence-corrected chi connectivity index (χ0v) is 17.3. The molecule has 1 N–H and O–H groups in total. The highest BCUT2D eigenvalue weighted by Crippen LogP contribution is 2.36. The number of aliphatic imine (C=N–C) groups is 1. The summed E-state index contributed by atoms with van der Waals surface area (Å²) in [5, 5.41) is 10.8. The Morgan fingerprint density at radius 2 is 2.14 bits per heavy atom. The number of carbonyl (C=O) groups is 1. The number of aromatic hydroxyl groups is 1. The number of amides is 1. The van der Waals surface area contributed by atoms with E-state index in [1.165, 1.54) is 11.8 Å². The summed E-state index contributed by atoms with van der Waals surface area (Å²) >= 11 is 6.81. The lowest BCUT2D eigenvalue weighted by atomic mass is 10.2. The molecule has 22 heavy (non-hydrogen) atoms. The highest BCUT2D eigenvalue weighted by atomic mass is 127. The summed E-state index contributed by atoms with van der Waals surface area (Å²) in [6.07, 6.45) is 1.72. The molecule has 0 spiro atoms. The number of rotatable bonds is 3. The zero-order chi connectivity index (χ0) is 15.6. The normalized spacial score (nSPS) is 18.2. The zero-order valence-electron chi connectivity index (χ0n) is 12.0. The third-order valence-corrected chi connectivity index (χ3v) is 5.17. The Hall–Kier alpha value is -0.250. The number of carbonyl (C=O) groups excluding carboxylic acids is 1. The Morgan fingerprint density at radius 3 is 2.73 bits per heavy atom. The first-order valence-electron chi connectivity index (χ1n) is 6.41. The Labute approximate surface area is 162 Å². The fourth-order valence-electron chi connectivity index (χ4n) is 1.88. The summed E-state index contributed by atoms with van der Waals surface area (Å²) in [6, 6.07) is 3.62. The van der Waals surface area contributed by atoms with Crippen LogP contribution >= 0.6 is 62.7 Å². The lowest BCUT2D eigenvalue weighted by Gasteiger charge is -2.11. The average Bonchev–Trinajstić information content (AvgIpc) is 2.72. The lowest BCUT2D eigenvalue weighted by molar-refractivity contribution is -0.122. The molecular formula is C14H15BrClIN2O2S. The molecule has 0 radical (unpaired) electrons. The number of halogens is 3. The Bertz CT molecular complexity index is 652. The third kappa shape index (κ3) is 4.18. The molecule has 0 atom stereocenters. The van der Waals surface area contributed by atoms with Crippen molar-refractivity contribution in [1.82, 2.24) is 4.90 Å². The SMILES string of the molecule is CCN=C1SC(=Cc2cc(Br)cc(I)c2O)C(=O)N1CC.Cl. The molecule has 1 fully saturated rings. The van der Waals surface area contributed by atoms with E-state index in [1.807, 2.05) is 19.9 Å². The van der Waals surface area contributed by atoms with Gasteiger partial charge in [0.15, 0.2) is 5.17 Å². The fourth-order valence-corrected chi connectivity index (χ4v) is 4.52. The summed E-state index contributed by atoms with van der Waals surface area (Å²) in [5.41, 5.74) is 0.624. The van der Waals surface area contributed by atoms with Crippen LogP contribution < -0.4 is 0 Å². The van der Waals surface area contributed by atoms with Crippen LogP contribution in [0.1, 0.15) is 19.4 Å². The summed E-state index contributed by atoms with van der Waals surface area (Å²) in [5.74, 6) is 0.118. The molecule has 0 saturated carbocycles. The van der Waals surface area contributed by atoms with Gasteiger partial charge in [-0.05, 0) is 66.4 Å². The number of phenolic OH excluding ortho intramolecular Hbond substituents is 1. The van der Waals surface area contributed by atoms with Crippen LogP contribution in [0.3, 0.4) is 0 Å². The van der Waals surface area contributed by atoms with Gasteiger partial charge in [-0.2, -0.15) is 0 Å². The van der Waals surface area contributed by atoms with Crippen molar-refractivity contribution in [3.05, 3.63) is 30.6 Å². The second-order valence-electron chi connectivity index (χ2n) is 4.24. The molecule has 1 aliphatic rings. The minimum atomic E-state index is -0.0657. The minimum Gasteiger partial charge on any atom is -0.506 e. The van der Waals surface area contributed by atoms with Gasteiger partial charge in [0.1, 0.15) is 5.75 Å². The smallest absolute Gasteiger partial charge is 0.266 e. The van der Waals surface area contributed by atoms with E-state index in [9.17, 15) is 9.90 Å². The number of thioether (sulfide) groups is 1. The second kappa shape index (κ2) is 8.56. The van der Waals surface area contributed by atoms with Gasteiger partial charge in [-0.15, -0.1) is 12.4 Å². The van der Waals surface area contributed by atoms with Gasteiger partial charge in [-0.25, -0.2) is 0 Å². The van der Waals surface area contributed by atoms with Crippen molar-refractivity contribution in [2.45, 2.75) is 13.8 Å². The maximum atomic E-state index is 12.4. The van der Waals surface area contributed by atoms with Crippen molar-refractivity contribution < 1.29 is 9.90 Å². The number of likely N-dealkylation sites (N-methyl/N-ethyl adjacent to an activating group) is 1. The van der Waals surface area contributed by atoms with Crippen molar-refractivity contribution in [2.24, 2.45) is 4.99 Å². The quantitative estimate of drug-likeness (QED) is 0.475. The van der Waals surface area contributed by atoms with Gasteiger partial charge in [0.25, 0.3) is 5.91 Å². The minimum absolute atomic E-state index is 0. The predicted octanol–water partition coefficient (Wildman–Crippen LogP) is 4.49. The highest BCUT2D eigenvalue weighted by Gasteiger charge is 2.32. The van der Waals surface area contributed by atoms with Crippen LogP contribution in [0.5, 0.6) is 5.75 Å². The van der Waals surface area contributed by atoms with E-state index in [1.54, 1.807) is 17.0 Å². The van der Waals surface area contributed by atoms with Gasteiger partial charge in [0, 0.05) is 23.1 Å². The molecule has 1 aliphatic heterocycles. The van der Waals surface area contributed by atoms with E-state index >= 15 is 0 Å². The van der Waals surface area contributed by atoms with Gasteiger partial charge in [-0.1, -0.05) is 15.9 Å². The molecule has 2 rings (SSSR count). The van der Waals surface area contributed by atoms with Crippen LogP contribution in [0.25, 0.3) is 6.08 Å². The van der Waals surface area contributed by atoms with E-state index in [-0.39, 0.29) is 24.1 Å². The molecule has 0 bridgehead atoms. The van der Waals surface area contributed by atoms with Gasteiger partial charge >= 0.3 is 0 Å². The first kappa shape index (κ1) is 19.8. The lowest BCUT2D eigenvalue weighted by Crippen LogP contribution is -2.28. The van der Waals surface area contributed by atoms with Crippen LogP contribution in [0.4, 0.5) is 0 Å². The molecule has 1 saturated heterocycles. The van der Waals surface area contributed by atoms with Crippen LogP contribution in [-0.4, -0.2) is 34.2 Å². The van der Waals surface area contributed by atoms with Gasteiger partial charge in [0.2, 0.25) is 0 Å². The first-order valence-corrected chi connectivity index (χ1v) is 9.10. The number of benzene rings is 1. The first-order chi connectivity index (χ1) is 9.97. The molecule has 0 unspecified atom stereocenters. The van der Waals surface area contributed by atoms with Crippen LogP contribution in [-0.2, 0) is 4.79 Å². The Kier molecular flexibility index (Phi) is 7.70. The predicted molar refractivity (Wildman–Crippen MR) is 107 cm³/mol. The summed E-state index contributed by atoms with van der Waals surface area (Å²) in [4.78, 5) is 18.9. The highest BCUT2D eigenvalue weighted by molar-refractivity contribution is 14.1. The number of hydrogen-bond acceptors (Lipinski definition) is 4. The Morgan fingerprint density at radius 1 is 1.45 bits per heavy atom. The molecular weight excluding hydrogens is 502 g/mol. The van der Waals surface area contributed by atoms with Crippen LogP contribution in [0.2, 0.25) is 0 Å². The summed E-state index contributed by atoms with van der Waals surface area (Å²) in [6.45, 7) is 5.09. The molecule has 1 aromatic rings. The molecule has 8 heteroatoms. The number of amidine groups is 1. The third-order valence-electron chi connectivity index (χ3n) is 2.84. The molecule has 1 amide bonds. The van der Waals surface area contributed by atoms with E-state index in [0.717, 1.165) is 13.2 Å². The molecule has 0 aromatic heterocycles. The van der Waals surface area contributed by atoms with Gasteiger partial charge < -0.3 is 5.11 Å². The molecule has 4 nitrogen and oxygen atoms in total. The summed E-state index contributed by atoms with van der Waals surface area (Å²) in [7, 11) is 0. The molecule has 120 valence electrons. The van der Waals surface area contributed by atoms with Gasteiger partial charge in [0.05, 0.1) is 8.48 Å². The number of hydrogen-bond donors (Lipinski definition) is 1. The van der Waals surface area contributed by atoms with E-state index in [4.69, 9.17) is 0 Å². The van der Waals surface area contributed by atoms with Crippen molar-refractivity contribution in [2.75, 3.05) is 13.1 Å². The van der Waals surface area contributed by atoms with Crippen molar-refractivity contribution in [1.29, 1.82) is 0 Å². The van der Waals surface area contributed by atoms with E-state index in [0.29, 0.717) is 23.6 Å². The van der Waals surface area contributed by atoms with Crippen molar-refractivity contribution in [3.63, 3.8) is 0 Å². The van der Waals surface area contributed by atoms with Crippen molar-refractivity contribution in [3.8, 4) is 5.75 Å². The second-order valence-corrected chi connectivity index (χ2v) is 7.33. The molecule has 0 aliphatic carbocycles. The number of phenols is 1. The maximum Gasteiger partial charge on any atom is 0.266 e. The number of nitrogens with zero attached hydrogens (tertiary/aromatic N) is 2. The largest absolute Gasteiger partial charge is 0.506 e. The molecule has 1 aromatic carbocycles. The van der Waals surface area contributed by atoms with E-state index < -0.39 is 0 Å². The Balaban J connectivity index is 0.00000242.